The number of urea groups is 1. The van der Waals surface area contributed by atoms with Gasteiger partial charge in [0.05, 0.1) is 23.8 Å². The lowest BCUT2D eigenvalue weighted by atomic mass is 9.95. The van der Waals surface area contributed by atoms with Gasteiger partial charge in [-0.15, -0.1) is 0 Å². The number of methoxy groups -OCH3 is 1. The quantitative estimate of drug-likeness (QED) is 0.241. The second-order valence-corrected chi connectivity index (χ2v) is 10.7. The summed E-state index contributed by atoms with van der Waals surface area (Å²) in [5.41, 5.74) is 2.35. The number of nitrogens with one attached hydrogen (secondary N) is 3. The minimum absolute atomic E-state index is 0.129. The molecule has 42 heavy (non-hydrogen) atoms. The average molecular weight is 597 g/mol. The van der Waals surface area contributed by atoms with Crippen molar-refractivity contribution in [2.45, 2.75) is 26.3 Å². The van der Waals surface area contributed by atoms with E-state index in [1.165, 1.54) is 32.4 Å². The Morgan fingerprint density at radius 2 is 1.76 bits per heavy atom. The number of nitrogens with zero attached hydrogens (tertiary/aromatic N) is 1. The maximum absolute atomic E-state index is 14.0. The van der Waals surface area contributed by atoms with Crippen LogP contribution in [0.15, 0.2) is 96.1 Å². The van der Waals surface area contributed by atoms with E-state index in [-0.39, 0.29) is 22.5 Å². The molecule has 0 fully saturated rings. The fourth-order valence-corrected chi connectivity index (χ4v) is 5.16. The van der Waals surface area contributed by atoms with Crippen LogP contribution in [0.5, 0.6) is 0 Å². The molecule has 1 aromatic heterocycles. The van der Waals surface area contributed by atoms with Crippen LogP contribution in [0.25, 0.3) is 11.1 Å². The normalized spacial score (nSPS) is 12.5. The van der Waals surface area contributed by atoms with Gasteiger partial charge in [-0.25, -0.2) is 31.5 Å². The second kappa shape index (κ2) is 14.2. The number of amides is 3. The number of carbonyl (C=O) groups is 2. The molecule has 0 aliphatic carbocycles. The van der Waals surface area contributed by atoms with Gasteiger partial charge < -0.3 is 10.1 Å². The van der Waals surface area contributed by atoms with Crippen molar-refractivity contribution in [2.75, 3.05) is 12.4 Å². The molecule has 0 radical (unpaired) electrons. The van der Waals surface area contributed by atoms with E-state index in [2.05, 4.69) is 26.9 Å². The molecule has 3 N–H and O–H groups in total. The molecule has 0 saturated heterocycles. The Kier molecular flexibility index (Phi) is 10.7. The molecule has 3 aromatic rings. The van der Waals surface area contributed by atoms with Gasteiger partial charge in [-0.1, -0.05) is 36.9 Å². The van der Waals surface area contributed by atoms with Crippen molar-refractivity contribution in [2.24, 2.45) is 0 Å². The van der Waals surface area contributed by atoms with Crippen LogP contribution in [0, 0.1) is 11.6 Å². The van der Waals surface area contributed by atoms with Gasteiger partial charge in [0.15, 0.2) is 0 Å². The van der Waals surface area contributed by atoms with Crippen molar-refractivity contribution >= 4 is 27.8 Å². The lowest BCUT2D eigenvalue weighted by molar-refractivity contribution is 0.187. The molecule has 0 aliphatic rings. The SMILES string of the molecule is C=C(C)/C(=C\C=C/C)S(=O)(=O)NC(=O)N[C@@H](Cc1cc(F)cc(F)c1)c1ncccc1-c1ccc(NC(=O)OC)cc1. The number of hydrogen-bond acceptors (Lipinski definition) is 6. The Morgan fingerprint density at radius 3 is 2.36 bits per heavy atom. The van der Waals surface area contributed by atoms with Crippen LogP contribution in [-0.4, -0.2) is 32.6 Å². The first-order chi connectivity index (χ1) is 19.9. The van der Waals surface area contributed by atoms with Crippen molar-refractivity contribution < 1.29 is 31.5 Å². The average Bonchev–Trinajstić information content (AvgIpc) is 2.92. The largest absolute Gasteiger partial charge is 0.453 e. The third-order valence-electron chi connectivity index (χ3n) is 5.84. The summed E-state index contributed by atoms with van der Waals surface area (Å²) in [6.07, 6.45) is 5.12. The predicted molar refractivity (Wildman–Crippen MR) is 157 cm³/mol. The summed E-state index contributed by atoms with van der Waals surface area (Å²) in [5.74, 6) is -1.63. The van der Waals surface area contributed by atoms with E-state index < -0.39 is 39.8 Å². The Morgan fingerprint density at radius 1 is 1.10 bits per heavy atom. The molecule has 0 unspecified atom stereocenters. The van der Waals surface area contributed by atoms with E-state index in [1.807, 2.05) is 4.72 Å². The summed E-state index contributed by atoms with van der Waals surface area (Å²) < 4.78 is 60.6. The summed E-state index contributed by atoms with van der Waals surface area (Å²) in [7, 11) is -3.08. The van der Waals surface area contributed by atoms with Crippen molar-refractivity contribution in [1.82, 2.24) is 15.0 Å². The van der Waals surface area contributed by atoms with Crippen LogP contribution in [-0.2, 0) is 21.2 Å². The summed E-state index contributed by atoms with van der Waals surface area (Å²) in [6.45, 7) is 6.86. The smallest absolute Gasteiger partial charge is 0.411 e. The summed E-state index contributed by atoms with van der Waals surface area (Å²) >= 11 is 0. The zero-order valence-electron chi connectivity index (χ0n) is 23.1. The molecule has 0 spiro atoms. The number of allylic oxidation sites excluding steroid dienone is 4. The molecule has 0 saturated carbocycles. The highest BCUT2D eigenvalue weighted by Crippen LogP contribution is 2.30. The number of ether oxygens (including phenoxy) is 1. The number of carbonyl (C=O) groups excluding carboxylic acids is 2. The molecular formula is C30H30F2N4O5S. The van der Waals surface area contributed by atoms with E-state index in [0.717, 1.165) is 18.2 Å². The van der Waals surface area contributed by atoms with Gasteiger partial charge >= 0.3 is 12.1 Å². The number of halogens is 2. The predicted octanol–water partition coefficient (Wildman–Crippen LogP) is 6.15. The highest BCUT2D eigenvalue weighted by atomic mass is 32.2. The summed E-state index contributed by atoms with van der Waals surface area (Å²) in [5, 5.41) is 5.14. The van der Waals surface area contributed by atoms with E-state index in [1.54, 1.807) is 49.4 Å². The number of sulfonamides is 1. The van der Waals surface area contributed by atoms with Crippen molar-refractivity contribution in [3.8, 4) is 11.1 Å². The fraction of sp³-hybridized carbons (Fsp3) is 0.167. The number of benzene rings is 2. The molecule has 3 rings (SSSR count). The maximum Gasteiger partial charge on any atom is 0.411 e. The highest BCUT2D eigenvalue weighted by molar-refractivity contribution is 7.94. The summed E-state index contributed by atoms with van der Waals surface area (Å²) in [4.78, 5) is 28.9. The van der Waals surface area contributed by atoms with Gasteiger partial charge in [-0.3, -0.25) is 10.3 Å². The Bertz CT molecular complexity index is 1620. The molecule has 0 aliphatic heterocycles. The highest BCUT2D eigenvalue weighted by Gasteiger charge is 2.25. The van der Waals surface area contributed by atoms with Crippen LogP contribution in [0.1, 0.15) is 31.1 Å². The number of aromatic nitrogens is 1. The molecule has 12 heteroatoms. The van der Waals surface area contributed by atoms with E-state index in [4.69, 9.17) is 0 Å². The van der Waals surface area contributed by atoms with Crippen LogP contribution in [0.2, 0.25) is 0 Å². The standard InChI is InChI=1S/C30H30F2N4O5S/c1-5-6-9-27(19(2)3)42(39,40)36-29(37)35-26(17-20-15-22(31)18-23(32)16-20)28-25(8-7-14-33-28)21-10-12-24(13-11-21)34-30(38)41-4/h5-16,18,26H,2,17H2,1,3-4H3,(H,34,38)(H2,35,36,37)/b6-5-,27-9+/t26-/m0/s1. The van der Waals surface area contributed by atoms with E-state index >= 15 is 0 Å². The number of anilines is 1. The molecule has 0 bridgehead atoms. The fourth-order valence-electron chi connectivity index (χ4n) is 4.03. The molecule has 2 aromatic carbocycles. The van der Waals surface area contributed by atoms with Crippen LogP contribution < -0.4 is 15.4 Å². The third kappa shape index (κ3) is 8.58. The Hall–Kier alpha value is -4.84. The minimum Gasteiger partial charge on any atom is -0.453 e. The third-order valence-corrected chi connectivity index (χ3v) is 7.36. The number of pyridine rings is 1. The zero-order chi connectivity index (χ0) is 30.9. The second-order valence-electron chi connectivity index (χ2n) is 9.08. The van der Waals surface area contributed by atoms with Gasteiger partial charge in [0.25, 0.3) is 10.0 Å². The molecule has 9 nitrogen and oxygen atoms in total. The van der Waals surface area contributed by atoms with Crippen molar-refractivity contribution in [3.63, 3.8) is 0 Å². The first-order valence-corrected chi connectivity index (χ1v) is 14.1. The van der Waals surface area contributed by atoms with E-state index in [0.29, 0.717) is 22.5 Å². The lowest BCUT2D eigenvalue weighted by Gasteiger charge is -2.22. The van der Waals surface area contributed by atoms with Gasteiger partial charge in [0, 0.05) is 23.5 Å². The molecule has 220 valence electrons. The minimum atomic E-state index is -4.32. The van der Waals surface area contributed by atoms with Crippen LogP contribution >= 0.6 is 0 Å². The van der Waals surface area contributed by atoms with E-state index in [9.17, 15) is 26.8 Å². The molecular weight excluding hydrogens is 566 g/mol. The number of hydrogen-bond donors (Lipinski definition) is 3. The lowest BCUT2D eigenvalue weighted by Crippen LogP contribution is -2.42. The Balaban J connectivity index is 2.01. The van der Waals surface area contributed by atoms with Gasteiger partial charge in [0.1, 0.15) is 11.6 Å². The van der Waals surface area contributed by atoms with Crippen molar-refractivity contribution in [3.05, 3.63) is 119 Å². The topological polar surface area (TPSA) is 126 Å². The van der Waals surface area contributed by atoms with Crippen molar-refractivity contribution in [1.29, 1.82) is 0 Å². The molecule has 1 heterocycles. The van der Waals surface area contributed by atoms with Crippen LogP contribution in [0.3, 0.4) is 0 Å². The zero-order valence-corrected chi connectivity index (χ0v) is 24.0. The summed E-state index contributed by atoms with van der Waals surface area (Å²) in [6, 6.07) is 10.9. The van der Waals surface area contributed by atoms with Gasteiger partial charge in [-0.2, -0.15) is 0 Å². The maximum atomic E-state index is 14.0. The van der Waals surface area contributed by atoms with Gasteiger partial charge in [-0.05, 0) is 73.4 Å². The first-order valence-electron chi connectivity index (χ1n) is 12.6. The monoisotopic (exact) mass is 596 g/mol. The Labute approximate surface area is 243 Å². The van der Waals surface area contributed by atoms with Gasteiger partial charge in [0.2, 0.25) is 0 Å². The molecule has 1 atom stereocenters. The number of rotatable bonds is 10. The first kappa shape index (κ1) is 31.7. The molecule has 3 amide bonds. The van der Waals surface area contributed by atoms with Crippen LogP contribution in [0.4, 0.5) is 24.1 Å².